The molecule has 3 aromatic carbocycles. The van der Waals surface area contributed by atoms with Crippen molar-refractivity contribution in [2.75, 3.05) is 41.2 Å². The molecule has 0 radical (unpaired) electrons. The number of amides is 4. The van der Waals surface area contributed by atoms with Crippen molar-refractivity contribution >= 4 is 60.8 Å². The Bertz CT molecular complexity index is 2510. The summed E-state index contributed by atoms with van der Waals surface area (Å²) in [5.74, 6) is -0.631. The molecule has 7 rings (SSSR count). The highest BCUT2D eigenvalue weighted by Gasteiger charge is 2.33. The maximum Gasteiger partial charge on any atom is 0.341 e. The van der Waals surface area contributed by atoms with Gasteiger partial charge in [-0.15, -0.1) is 0 Å². The van der Waals surface area contributed by atoms with Crippen molar-refractivity contribution < 1.29 is 30.8 Å². The van der Waals surface area contributed by atoms with Gasteiger partial charge in [0.05, 0.1) is 32.7 Å². The minimum Gasteiger partial charge on any atom is -0.332 e. The zero-order valence-electron chi connectivity index (χ0n) is 33.0. The smallest absolute Gasteiger partial charge is 0.332 e. The van der Waals surface area contributed by atoms with Crippen LogP contribution in [0.15, 0.2) is 126 Å². The van der Waals surface area contributed by atoms with Gasteiger partial charge in [-0.25, -0.2) is 35.8 Å². The van der Waals surface area contributed by atoms with Gasteiger partial charge in [-0.05, 0) is 103 Å². The van der Waals surface area contributed by atoms with E-state index in [0.717, 1.165) is 35.0 Å². The molecule has 1 aliphatic carbocycles. The van der Waals surface area contributed by atoms with E-state index >= 15 is 0 Å². The monoisotopic (exact) mass is 889 g/mol. The number of nitrogens with zero attached hydrogens (tertiary/aromatic N) is 6. The molecule has 0 bridgehead atoms. The van der Waals surface area contributed by atoms with Gasteiger partial charge in [0.2, 0.25) is 10.0 Å². The number of hydrogen-bond acceptors (Lipinski definition) is 9. The first-order chi connectivity index (χ1) is 29.4. The Kier molecular flexibility index (Phi) is 13.8. The molecule has 2 aromatic heterocycles. The molecule has 2 fully saturated rings. The summed E-state index contributed by atoms with van der Waals surface area (Å²) < 4.78 is 71.5. The Labute approximate surface area is 359 Å². The van der Waals surface area contributed by atoms with Crippen LogP contribution in [-0.4, -0.2) is 85.3 Å². The lowest BCUT2D eigenvalue weighted by molar-refractivity contribution is 0.111. The fourth-order valence-corrected chi connectivity index (χ4v) is 10.1. The fraction of sp³-hybridized carbons (Fsp3) is 0.286. The number of piperazine rings is 1. The van der Waals surface area contributed by atoms with Crippen molar-refractivity contribution in [2.45, 2.75) is 61.0 Å². The van der Waals surface area contributed by atoms with E-state index in [4.69, 9.17) is 11.6 Å². The minimum atomic E-state index is -4.17. The summed E-state index contributed by atoms with van der Waals surface area (Å²) in [5, 5.41) is 7.68. The van der Waals surface area contributed by atoms with Crippen molar-refractivity contribution in [3.8, 4) is 0 Å². The van der Waals surface area contributed by atoms with Crippen LogP contribution in [0.1, 0.15) is 43.2 Å². The summed E-state index contributed by atoms with van der Waals surface area (Å²) in [4.78, 5) is 39.2. The molecule has 15 nitrogen and oxygen atoms in total. The van der Waals surface area contributed by atoms with E-state index in [1.54, 1.807) is 42.9 Å². The van der Waals surface area contributed by atoms with Gasteiger partial charge in [0.25, 0.3) is 10.0 Å². The normalized spacial score (nSPS) is 15.4. The van der Waals surface area contributed by atoms with E-state index < -0.39 is 37.9 Å². The van der Waals surface area contributed by atoms with Gasteiger partial charge in [0, 0.05) is 69.2 Å². The quantitative estimate of drug-likeness (QED) is 0.111. The van der Waals surface area contributed by atoms with Crippen molar-refractivity contribution in [1.29, 1.82) is 0 Å². The van der Waals surface area contributed by atoms with Gasteiger partial charge < -0.3 is 10.6 Å². The molecular weight excluding hydrogens is 845 g/mol. The van der Waals surface area contributed by atoms with E-state index in [2.05, 4.69) is 30.2 Å². The standard InChI is InChI=1S/C42H45ClFN9O6S2/c43-39-26-33(44)10-19-40(39)49-60(56,57)37-15-11-34(12-16-37)48-42(55)52(30-32-7-5-21-46-28-32)53(41(54)47-29-31-6-4-20-45-27-31)36-13-17-38(18-14-36)61(58,59)51-24-22-50(23-25-51)35-8-2-1-3-9-35/h4-7,10-21,26-28,35,49H,1-3,8-9,22-25,29-30H2,(H,47,54)(H,48,55). The largest absolute Gasteiger partial charge is 0.341 e. The number of hydrogen-bond donors (Lipinski definition) is 3. The third kappa shape index (κ3) is 10.8. The highest BCUT2D eigenvalue weighted by Crippen LogP contribution is 2.29. The fourth-order valence-electron chi connectivity index (χ4n) is 7.36. The molecule has 3 N–H and O–H groups in total. The van der Waals surface area contributed by atoms with Gasteiger partial charge in [0.15, 0.2) is 0 Å². The van der Waals surface area contributed by atoms with E-state index in [-0.39, 0.29) is 45.0 Å². The summed E-state index contributed by atoms with van der Waals surface area (Å²) >= 11 is 6.03. The van der Waals surface area contributed by atoms with Crippen LogP contribution >= 0.6 is 11.6 Å². The van der Waals surface area contributed by atoms with Crippen LogP contribution in [0, 0.1) is 5.82 Å². The molecule has 2 aliphatic rings. The first-order valence-electron chi connectivity index (χ1n) is 19.7. The lowest BCUT2D eigenvalue weighted by Crippen LogP contribution is -2.54. The third-order valence-electron chi connectivity index (χ3n) is 10.6. The summed E-state index contributed by atoms with van der Waals surface area (Å²) in [7, 11) is -8.05. The number of halogens is 2. The number of carbonyl (C=O) groups excluding carboxylic acids is 2. The molecule has 0 atom stereocenters. The molecule has 1 saturated heterocycles. The Balaban J connectivity index is 1.14. The molecule has 4 amide bonds. The molecule has 19 heteroatoms. The predicted octanol–water partition coefficient (Wildman–Crippen LogP) is 7.07. The summed E-state index contributed by atoms with van der Waals surface area (Å²) in [6.45, 7) is 1.94. The van der Waals surface area contributed by atoms with Crippen LogP contribution in [0.4, 0.5) is 31.0 Å². The van der Waals surface area contributed by atoms with E-state index in [9.17, 15) is 30.8 Å². The third-order valence-corrected chi connectivity index (χ3v) is 14.2. The lowest BCUT2D eigenvalue weighted by Gasteiger charge is -2.40. The van der Waals surface area contributed by atoms with E-state index in [1.807, 2.05) is 0 Å². The topological polar surface area (TPSA) is 177 Å². The van der Waals surface area contributed by atoms with Crippen molar-refractivity contribution in [1.82, 2.24) is 29.5 Å². The number of hydrazine groups is 1. The van der Waals surface area contributed by atoms with Crippen LogP contribution in [-0.2, 0) is 33.1 Å². The zero-order valence-corrected chi connectivity index (χ0v) is 35.4. The van der Waals surface area contributed by atoms with E-state index in [1.165, 1.54) is 84.4 Å². The molecule has 1 aliphatic heterocycles. The van der Waals surface area contributed by atoms with Crippen molar-refractivity contribution in [3.05, 3.63) is 138 Å². The summed E-state index contributed by atoms with van der Waals surface area (Å²) in [6, 6.07) is 20.2. The minimum absolute atomic E-state index is 0.0216. The Morgan fingerprint density at radius 3 is 2.03 bits per heavy atom. The lowest BCUT2D eigenvalue weighted by atomic mass is 9.94. The SMILES string of the molecule is O=C(Nc1ccc(S(=O)(=O)Nc2ccc(F)cc2Cl)cc1)N(Cc1cccnc1)N(C(=O)NCc1cccnc1)c1ccc(S(=O)(=O)N2CCN(C3CCCCC3)CC2)cc1. The maximum atomic E-state index is 14.4. The maximum absolute atomic E-state index is 14.4. The van der Waals surface area contributed by atoms with Gasteiger partial charge in [-0.1, -0.05) is 43.0 Å². The van der Waals surface area contributed by atoms with E-state index in [0.29, 0.717) is 43.3 Å². The molecular formula is C42H45ClFN9O6S2. The zero-order chi connectivity index (χ0) is 43.0. The number of rotatable bonds is 12. The highest BCUT2D eigenvalue weighted by atomic mass is 35.5. The number of urea groups is 2. The summed E-state index contributed by atoms with van der Waals surface area (Å²) in [5.41, 5.74) is 1.58. The van der Waals surface area contributed by atoms with Gasteiger partial charge in [0.1, 0.15) is 5.82 Å². The first-order valence-corrected chi connectivity index (χ1v) is 23.0. The van der Waals surface area contributed by atoms with Crippen molar-refractivity contribution in [3.63, 3.8) is 0 Å². The highest BCUT2D eigenvalue weighted by molar-refractivity contribution is 7.92. The first kappa shape index (κ1) is 43.4. The van der Waals surface area contributed by atoms with Crippen LogP contribution in [0.2, 0.25) is 5.02 Å². The molecule has 0 unspecified atom stereocenters. The number of sulfonamides is 2. The Morgan fingerprint density at radius 1 is 0.770 bits per heavy atom. The molecule has 3 heterocycles. The molecule has 0 spiro atoms. The predicted molar refractivity (Wildman–Crippen MR) is 230 cm³/mol. The van der Waals surface area contributed by atoms with Gasteiger partial charge >= 0.3 is 12.1 Å². The average molecular weight is 890 g/mol. The molecule has 61 heavy (non-hydrogen) atoms. The second-order valence-electron chi connectivity index (χ2n) is 14.7. The number of aromatic nitrogens is 2. The van der Waals surface area contributed by atoms with Gasteiger partial charge in [-0.2, -0.15) is 9.31 Å². The van der Waals surface area contributed by atoms with Crippen LogP contribution in [0.3, 0.4) is 0 Å². The second-order valence-corrected chi connectivity index (χ2v) is 18.7. The molecule has 1 saturated carbocycles. The van der Waals surface area contributed by atoms with Gasteiger partial charge in [-0.3, -0.25) is 19.6 Å². The van der Waals surface area contributed by atoms with Crippen LogP contribution in [0.5, 0.6) is 0 Å². The summed E-state index contributed by atoms with van der Waals surface area (Å²) in [6.07, 6.45) is 12.2. The van der Waals surface area contributed by atoms with Crippen LogP contribution in [0.25, 0.3) is 0 Å². The number of carbonyl (C=O) groups is 2. The second kappa shape index (κ2) is 19.4. The number of anilines is 3. The Morgan fingerprint density at radius 2 is 1.41 bits per heavy atom. The average Bonchev–Trinajstić information content (AvgIpc) is 3.28. The Hall–Kier alpha value is -5.66. The number of nitrogens with one attached hydrogen (secondary N) is 3. The van der Waals surface area contributed by atoms with Crippen LogP contribution < -0.4 is 20.4 Å². The molecule has 5 aromatic rings. The molecule has 320 valence electrons. The number of pyridine rings is 2. The number of benzene rings is 3. The van der Waals surface area contributed by atoms with Crippen molar-refractivity contribution in [2.24, 2.45) is 0 Å².